The third kappa shape index (κ3) is 4.37. The summed E-state index contributed by atoms with van der Waals surface area (Å²) in [5, 5.41) is 11.0. The fraction of sp³-hybridized carbons (Fsp3) is 0.357. The predicted molar refractivity (Wildman–Crippen MR) is 152 cm³/mol. The Hall–Kier alpha value is -3.63. The number of rotatable bonds is 5. The molecule has 1 unspecified atom stereocenters. The van der Waals surface area contributed by atoms with E-state index in [9.17, 15) is 8.42 Å². The van der Waals surface area contributed by atoms with E-state index in [0.717, 1.165) is 36.3 Å². The maximum absolute atomic E-state index is 14.0. The van der Waals surface area contributed by atoms with E-state index in [1.54, 1.807) is 24.5 Å². The molecule has 198 valence electrons. The molecule has 4 heterocycles. The number of sulfonamides is 1. The van der Waals surface area contributed by atoms with E-state index in [1.165, 1.54) is 9.99 Å². The molecule has 0 saturated carbocycles. The fourth-order valence-corrected chi connectivity index (χ4v) is 7.24. The summed E-state index contributed by atoms with van der Waals surface area (Å²) in [4.78, 5) is 11.6. The number of para-hydroxylation sites is 1. The van der Waals surface area contributed by atoms with Crippen LogP contribution in [0.3, 0.4) is 0 Å². The Morgan fingerprint density at radius 2 is 1.87 bits per heavy atom. The van der Waals surface area contributed by atoms with Gasteiger partial charge >= 0.3 is 0 Å². The molecule has 0 aliphatic carbocycles. The quantitative estimate of drug-likeness (QED) is 0.464. The Morgan fingerprint density at radius 3 is 2.66 bits per heavy atom. The lowest BCUT2D eigenvalue weighted by atomic mass is 9.87. The second-order valence-electron chi connectivity index (χ2n) is 10.8. The maximum Gasteiger partial charge on any atom is 0.267 e. The molecule has 3 aliphatic rings. The van der Waals surface area contributed by atoms with Crippen LogP contribution in [0.15, 0.2) is 82.1 Å². The van der Waals surface area contributed by atoms with Gasteiger partial charge in [-0.1, -0.05) is 32.0 Å². The molecule has 0 bridgehead atoms. The molecule has 6 rings (SSSR count). The van der Waals surface area contributed by atoms with Gasteiger partial charge in [0.05, 0.1) is 5.52 Å². The number of aromatic nitrogens is 1. The molecule has 3 aliphatic heterocycles. The Morgan fingerprint density at radius 1 is 1.08 bits per heavy atom. The van der Waals surface area contributed by atoms with Crippen LogP contribution in [0.1, 0.15) is 20.8 Å². The number of benzene rings is 2. The van der Waals surface area contributed by atoms with E-state index in [2.05, 4.69) is 49.9 Å². The number of nitrogens with zero attached hydrogens (tertiary/aromatic N) is 4. The van der Waals surface area contributed by atoms with Gasteiger partial charge < -0.3 is 20.9 Å². The zero-order chi connectivity index (χ0) is 26.5. The van der Waals surface area contributed by atoms with Crippen LogP contribution in [-0.4, -0.2) is 62.4 Å². The molecule has 3 N–H and O–H groups in total. The highest BCUT2D eigenvalue weighted by Crippen LogP contribution is 2.41. The molecule has 2 atom stereocenters. The summed E-state index contributed by atoms with van der Waals surface area (Å²) >= 11 is 0. The summed E-state index contributed by atoms with van der Waals surface area (Å²) < 4.78 is 29.5. The molecule has 0 spiro atoms. The third-order valence-electron chi connectivity index (χ3n) is 7.47. The molecule has 10 heteroatoms. The molecule has 9 nitrogen and oxygen atoms in total. The minimum atomic E-state index is -3.88. The largest absolute Gasteiger partial charge is 0.369 e. The summed E-state index contributed by atoms with van der Waals surface area (Å²) in [5.74, 6) is 0.557. The first-order valence-corrected chi connectivity index (χ1v) is 14.4. The van der Waals surface area contributed by atoms with Crippen LogP contribution in [0.4, 0.5) is 11.4 Å². The Labute approximate surface area is 223 Å². The van der Waals surface area contributed by atoms with Gasteiger partial charge in [-0.3, -0.25) is 9.29 Å². The molecule has 0 amide bonds. The molecule has 1 fully saturated rings. The second kappa shape index (κ2) is 9.28. The molecule has 1 aromatic heterocycles. The standard InChI is InChI=1S/C28H33N7O2S/c1-19-17-34(15-14-29-19)22-11-9-21(10-12-22)32-27-31-16-23-26(33-27)35(18-28(23,2)3)38(36,37)24-8-4-6-20-7-5-13-30-25(20)24/h4-13,16,19,27,29,32-33H,14-15,17-18H2,1-3H3/t19?,27-/m1/s1. The lowest BCUT2D eigenvalue weighted by molar-refractivity contribution is 0.384. The monoisotopic (exact) mass is 531 g/mol. The maximum atomic E-state index is 14.0. The lowest BCUT2D eigenvalue weighted by Gasteiger charge is -2.33. The van der Waals surface area contributed by atoms with Crippen molar-refractivity contribution in [1.82, 2.24) is 19.9 Å². The Kier molecular flexibility index (Phi) is 6.03. The summed E-state index contributed by atoms with van der Waals surface area (Å²) in [6.07, 6.45) is 2.92. The summed E-state index contributed by atoms with van der Waals surface area (Å²) in [7, 11) is -3.88. The number of hydrogen-bond donors (Lipinski definition) is 3. The molecule has 0 radical (unpaired) electrons. The molecule has 38 heavy (non-hydrogen) atoms. The van der Waals surface area contributed by atoms with Gasteiger partial charge in [-0.05, 0) is 43.3 Å². The van der Waals surface area contributed by atoms with Crippen molar-refractivity contribution in [1.29, 1.82) is 0 Å². The van der Waals surface area contributed by atoms with Crippen LogP contribution in [-0.2, 0) is 10.0 Å². The first-order valence-electron chi connectivity index (χ1n) is 13.0. The minimum absolute atomic E-state index is 0.201. The van der Waals surface area contributed by atoms with Gasteiger partial charge in [0.2, 0.25) is 0 Å². The van der Waals surface area contributed by atoms with Crippen LogP contribution in [0, 0.1) is 5.41 Å². The summed E-state index contributed by atoms with van der Waals surface area (Å²) in [6.45, 7) is 9.52. The average molecular weight is 532 g/mol. The van der Waals surface area contributed by atoms with E-state index < -0.39 is 21.7 Å². The van der Waals surface area contributed by atoms with Gasteiger partial charge in [0.1, 0.15) is 10.7 Å². The average Bonchev–Trinajstić information content (AvgIpc) is 3.19. The third-order valence-corrected chi connectivity index (χ3v) is 9.24. The van der Waals surface area contributed by atoms with Gasteiger partial charge in [0.15, 0.2) is 6.29 Å². The number of aliphatic imine (C=N–C) groups is 1. The van der Waals surface area contributed by atoms with E-state index >= 15 is 0 Å². The number of anilines is 2. The van der Waals surface area contributed by atoms with Crippen molar-refractivity contribution in [3.05, 3.63) is 72.2 Å². The predicted octanol–water partition coefficient (Wildman–Crippen LogP) is 3.34. The van der Waals surface area contributed by atoms with Crippen molar-refractivity contribution in [2.45, 2.75) is 38.0 Å². The topological polar surface area (TPSA) is 102 Å². The van der Waals surface area contributed by atoms with E-state index in [-0.39, 0.29) is 4.90 Å². The van der Waals surface area contributed by atoms with Gasteiger partial charge in [-0.15, -0.1) is 0 Å². The van der Waals surface area contributed by atoms with E-state index in [1.807, 2.05) is 44.2 Å². The normalized spacial score (nSPS) is 22.9. The first kappa shape index (κ1) is 24.7. The Balaban J connectivity index is 1.24. The van der Waals surface area contributed by atoms with Crippen molar-refractivity contribution >= 4 is 38.5 Å². The molecular formula is C28H33N7O2S. The van der Waals surface area contributed by atoms with Crippen LogP contribution >= 0.6 is 0 Å². The highest BCUT2D eigenvalue weighted by Gasteiger charge is 2.45. The zero-order valence-electron chi connectivity index (χ0n) is 21.8. The zero-order valence-corrected chi connectivity index (χ0v) is 22.7. The number of piperazine rings is 1. The van der Waals surface area contributed by atoms with Crippen molar-refractivity contribution in [3.8, 4) is 0 Å². The van der Waals surface area contributed by atoms with Crippen LogP contribution < -0.4 is 20.9 Å². The number of fused-ring (bicyclic) bond motifs is 1. The van der Waals surface area contributed by atoms with Crippen molar-refractivity contribution in [3.63, 3.8) is 0 Å². The van der Waals surface area contributed by atoms with Crippen molar-refractivity contribution in [2.24, 2.45) is 10.4 Å². The summed E-state index contributed by atoms with van der Waals surface area (Å²) in [6, 6.07) is 17.7. The SMILES string of the molecule is CC1CN(c2ccc(N[C@H]3N=CC4=C(N3)N(S(=O)(=O)c3cccc5cccnc35)CC4(C)C)cc2)CCN1. The molecule has 3 aromatic rings. The van der Waals surface area contributed by atoms with Gasteiger partial charge in [-0.2, -0.15) is 0 Å². The Bertz CT molecular complexity index is 1530. The molecule has 1 saturated heterocycles. The first-order chi connectivity index (χ1) is 18.2. The smallest absolute Gasteiger partial charge is 0.267 e. The van der Waals surface area contributed by atoms with Crippen molar-refractivity contribution < 1.29 is 8.42 Å². The van der Waals surface area contributed by atoms with E-state index in [0.29, 0.717) is 23.9 Å². The minimum Gasteiger partial charge on any atom is -0.369 e. The van der Waals surface area contributed by atoms with Crippen LogP contribution in [0.25, 0.3) is 10.9 Å². The van der Waals surface area contributed by atoms with Gasteiger partial charge in [0, 0.05) is 72.4 Å². The lowest BCUT2D eigenvalue weighted by Crippen LogP contribution is -2.49. The molecular weight excluding hydrogens is 498 g/mol. The number of nitrogens with one attached hydrogen (secondary N) is 3. The van der Waals surface area contributed by atoms with Gasteiger partial charge in [0.25, 0.3) is 10.0 Å². The highest BCUT2D eigenvalue weighted by molar-refractivity contribution is 7.89. The van der Waals surface area contributed by atoms with Crippen LogP contribution in [0.5, 0.6) is 0 Å². The number of pyridine rings is 1. The summed E-state index contributed by atoms with van der Waals surface area (Å²) in [5.41, 5.74) is 3.03. The van der Waals surface area contributed by atoms with Crippen molar-refractivity contribution in [2.75, 3.05) is 36.4 Å². The van der Waals surface area contributed by atoms with Crippen LogP contribution in [0.2, 0.25) is 0 Å². The van der Waals surface area contributed by atoms with E-state index in [4.69, 9.17) is 0 Å². The number of hydrogen-bond acceptors (Lipinski definition) is 8. The van der Waals surface area contributed by atoms with Gasteiger partial charge in [-0.25, -0.2) is 13.4 Å². The second-order valence-corrected chi connectivity index (χ2v) is 12.6. The fourth-order valence-electron chi connectivity index (χ4n) is 5.45. The molecule has 2 aromatic carbocycles. The highest BCUT2D eigenvalue weighted by atomic mass is 32.2.